The van der Waals surface area contributed by atoms with E-state index >= 15 is 0 Å². The SMILES string of the molecule is C/C=C/[C@@H]1CC2=C(CO1)C(=O)[C@](C)(O)[C@H](OC(=O)c1c(C)cc(O)cc1O)C2. The standard InChI is InChI=1S/C21H24O7/c1-4-5-14-7-12-8-17(21(3,26)19(24)15(12)10-27-14)28-20(25)18-11(2)6-13(22)9-16(18)23/h4-6,9,14,17,22-23,26H,7-8,10H2,1-3H3/b5-4+/t14-,17-,21-/m1/s1. The lowest BCUT2D eigenvalue weighted by atomic mass is 9.76. The Morgan fingerprint density at radius 3 is 2.68 bits per heavy atom. The zero-order valence-corrected chi connectivity index (χ0v) is 16.1. The fraction of sp³-hybridized carbons (Fsp3) is 0.429. The number of carbonyl (C=O) groups excluding carboxylic acids is 2. The van der Waals surface area contributed by atoms with Gasteiger partial charge in [-0.1, -0.05) is 17.7 Å². The molecule has 7 nitrogen and oxygen atoms in total. The molecule has 28 heavy (non-hydrogen) atoms. The van der Waals surface area contributed by atoms with Gasteiger partial charge in [0.2, 0.25) is 0 Å². The molecule has 0 saturated carbocycles. The second-order valence-corrected chi connectivity index (χ2v) is 7.39. The van der Waals surface area contributed by atoms with Crippen LogP contribution in [0, 0.1) is 6.92 Å². The van der Waals surface area contributed by atoms with Gasteiger partial charge < -0.3 is 24.8 Å². The number of phenolic OH excluding ortho intramolecular Hbond substituents is 2. The summed E-state index contributed by atoms with van der Waals surface area (Å²) in [5, 5.41) is 30.3. The van der Waals surface area contributed by atoms with Crippen LogP contribution in [0.2, 0.25) is 0 Å². The molecule has 0 aromatic heterocycles. The van der Waals surface area contributed by atoms with Crippen LogP contribution in [0.25, 0.3) is 0 Å². The summed E-state index contributed by atoms with van der Waals surface area (Å²) in [6, 6.07) is 2.36. The van der Waals surface area contributed by atoms with E-state index in [4.69, 9.17) is 9.47 Å². The summed E-state index contributed by atoms with van der Waals surface area (Å²) < 4.78 is 11.1. The van der Waals surface area contributed by atoms with Gasteiger partial charge in [-0.3, -0.25) is 4.79 Å². The van der Waals surface area contributed by atoms with E-state index in [1.54, 1.807) is 6.92 Å². The molecule has 0 bridgehead atoms. The van der Waals surface area contributed by atoms with E-state index in [9.17, 15) is 24.9 Å². The summed E-state index contributed by atoms with van der Waals surface area (Å²) in [4.78, 5) is 25.4. The number of benzene rings is 1. The summed E-state index contributed by atoms with van der Waals surface area (Å²) in [6.45, 7) is 4.85. The maximum atomic E-state index is 12.8. The lowest BCUT2D eigenvalue weighted by molar-refractivity contribution is -0.147. The van der Waals surface area contributed by atoms with Crippen molar-refractivity contribution in [1.29, 1.82) is 0 Å². The minimum atomic E-state index is -1.90. The van der Waals surface area contributed by atoms with E-state index in [1.165, 1.54) is 13.0 Å². The third-order valence-corrected chi connectivity index (χ3v) is 5.27. The second-order valence-electron chi connectivity index (χ2n) is 7.39. The third-order valence-electron chi connectivity index (χ3n) is 5.27. The fourth-order valence-electron chi connectivity index (χ4n) is 3.72. The van der Waals surface area contributed by atoms with Crippen molar-refractivity contribution >= 4 is 11.8 Å². The molecule has 150 valence electrons. The Labute approximate surface area is 162 Å². The van der Waals surface area contributed by atoms with Gasteiger partial charge in [-0.25, -0.2) is 4.79 Å². The van der Waals surface area contributed by atoms with Crippen LogP contribution in [0.5, 0.6) is 11.5 Å². The predicted octanol–water partition coefficient (Wildman–Crippen LogP) is 2.32. The van der Waals surface area contributed by atoms with Gasteiger partial charge in [0.25, 0.3) is 0 Å². The smallest absolute Gasteiger partial charge is 0.342 e. The Bertz CT molecular complexity index is 856. The van der Waals surface area contributed by atoms with E-state index in [1.807, 2.05) is 19.1 Å². The largest absolute Gasteiger partial charge is 0.508 e. The van der Waals surface area contributed by atoms with Crippen LogP contribution in [0.1, 0.15) is 42.6 Å². The van der Waals surface area contributed by atoms with Gasteiger partial charge in [0.1, 0.15) is 23.2 Å². The lowest BCUT2D eigenvalue weighted by Crippen LogP contribution is -2.54. The first-order valence-corrected chi connectivity index (χ1v) is 9.11. The number of Topliss-reactive ketones (excluding diaryl/α,β-unsaturated/α-hetero) is 1. The Balaban J connectivity index is 1.87. The normalized spacial score (nSPS) is 27.8. The Kier molecular flexibility index (Phi) is 5.32. The molecule has 2 aliphatic rings. The highest BCUT2D eigenvalue weighted by Crippen LogP contribution is 2.38. The van der Waals surface area contributed by atoms with Crippen molar-refractivity contribution in [2.24, 2.45) is 0 Å². The molecular formula is C21H24O7. The average Bonchev–Trinajstić information content (AvgIpc) is 2.59. The third kappa shape index (κ3) is 3.55. The highest BCUT2D eigenvalue weighted by Gasteiger charge is 2.49. The Hall–Kier alpha value is -2.64. The molecule has 3 atom stereocenters. The molecule has 0 fully saturated rings. The van der Waals surface area contributed by atoms with Crippen LogP contribution >= 0.6 is 0 Å². The van der Waals surface area contributed by atoms with Gasteiger partial charge in [-0.15, -0.1) is 0 Å². The van der Waals surface area contributed by atoms with E-state index in [0.29, 0.717) is 17.6 Å². The molecule has 3 rings (SSSR count). The van der Waals surface area contributed by atoms with Crippen molar-refractivity contribution in [3.05, 3.63) is 46.6 Å². The maximum absolute atomic E-state index is 12.8. The van der Waals surface area contributed by atoms with Gasteiger partial charge in [0.15, 0.2) is 11.4 Å². The minimum Gasteiger partial charge on any atom is -0.508 e. The van der Waals surface area contributed by atoms with Crippen molar-refractivity contribution in [2.75, 3.05) is 6.61 Å². The Morgan fingerprint density at radius 1 is 1.32 bits per heavy atom. The van der Waals surface area contributed by atoms with E-state index in [2.05, 4.69) is 0 Å². The number of aromatic hydroxyl groups is 2. The van der Waals surface area contributed by atoms with Crippen molar-refractivity contribution in [3.8, 4) is 11.5 Å². The molecule has 0 radical (unpaired) electrons. The van der Waals surface area contributed by atoms with Gasteiger partial charge in [-0.2, -0.15) is 0 Å². The molecule has 1 aliphatic carbocycles. The molecule has 1 aromatic carbocycles. The Morgan fingerprint density at radius 2 is 2.04 bits per heavy atom. The summed E-state index contributed by atoms with van der Waals surface area (Å²) >= 11 is 0. The van der Waals surface area contributed by atoms with Crippen molar-refractivity contribution < 1.29 is 34.4 Å². The lowest BCUT2D eigenvalue weighted by Gasteiger charge is -2.40. The first-order valence-electron chi connectivity index (χ1n) is 9.11. The maximum Gasteiger partial charge on any atom is 0.342 e. The highest BCUT2D eigenvalue weighted by atomic mass is 16.6. The first-order chi connectivity index (χ1) is 13.1. The number of rotatable bonds is 3. The molecule has 7 heteroatoms. The fourth-order valence-corrected chi connectivity index (χ4v) is 3.72. The van der Waals surface area contributed by atoms with Crippen LogP contribution in [-0.2, 0) is 14.3 Å². The number of ether oxygens (including phenoxy) is 2. The topological polar surface area (TPSA) is 113 Å². The van der Waals surface area contributed by atoms with Gasteiger partial charge in [0.05, 0.1) is 12.7 Å². The summed E-state index contributed by atoms with van der Waals surface area (Å²) in [5.74, 6) is -1.99. The molecule has 1 aliphatic heterocycles. The predicted molar refractivity (Wildman–Crippen MR) is 100 cm³/mol. The number of hydrogen-bond acceptors (Lipinski definition) is 7. The van der Waals surface area contributed by atoms with Crippen LogP contribution < -0.4 is 0 Å². The molecular weight excluding hydrogens is 364 g/mol. The molecule has 0 spiro atoms. The second kappa shape index (κ2) is 7.41. The molecule has 0 amide bonds. The molecule has 3 N–H and O–H groups in total. The average molecular weight is 388 g/mol. The first kappa shape index (κ1) is 20.1. The van der Waals surface area contributed by atoms with Gasteiger partial charge >= 0.3 is 5.97 Å². The monoisotopic (exact) mass is 388 g/mol. The number of carbonyl (C=O) groups is 2. The number of ketones is 1. The van der Waals surface area contributed by atoms with Crippen molar-refractivity contribution in [2.45, 2.75) is 51.4 Å². The van der Waals surface area contributed by atoms with E-state index < -0.39 is 29.2 Å². The number of phenols is 2. The van der Waals surface area contributed by atoms with Gasteiger partial charge in [0, 0.05) is 18.1 Å². The van der Waals surface area contributed by atoms with Crippen LogP contribution in [0.15, 0.2) is 35.4 Å². The van der Waals surface area contributed by atoms with Crippen LogP contribution in [0.3, 0.4) is 0 Å². The number of aliphatic hydroxyl groups is 1. The van der Waals surface area contributed by atoms with Crippen LogP contribution in [-0.4, -0.2) is 51.5 Å². The van der Waals surface area contributed by atoms with Crippen molar-refractivity contribution in [1.82, 2.24) is 0 Å². The van der Waals surface area contributed by atoms with Crippen molar-refractivity contribution in [3.63, 3.8) is 0 Å². The number of aryl methyl sites for hydroxylation is 1. The highest BCUT2D eigenvalue weighted by molar-refractivity contribution is 6.04. The molecule has 0 unspecified atom stereocenters. The zero-order valence-electron chi connectivity index (χ0n) is 16.1. The van der Waals surface area contributed by atoms with Crippen LogP contribution in [0.4, 0.5) is 0 Å². The quantitative estimate of drug-likeness (QED) is 0.538. The molecule has 1 heterocycles. The summed E-state index contributed by atoms with van der Waals surface area (Å²) in [6.07, 6.45) is 3.18. The number of esters is 1. The summed E-state index contributed by atoms with van der Waals surface area (Å²) in [7, 11) is 0. The molecule has 1 aromatic rings. The van der Waals surface area contributed by atoms with Gasteiger partial charge in [-0.05, 0) is 38.8 Å². The zero-order chi connectivity index (χ0) is 20.6. The van der Waals surface area contributed by atoms with E-state index in [0.717, 1.165) is 11.6 Å². The number of hydrogen-bond donors (Lipinski definition) is 3. The number of allylic oxidation sites excluding steroid dienone is 1. The van der Waals surface area contributed by atoms with E-state index in [-0.39, 0.29) is 30.4 Å². The molecule has 0 saturated heterocycles. The summed E-state index contributed by atoms with van der Waals surface area (Å²) in [5.41, 5.74) is -0.453. The minimum absolute atomic E-state index is 0.109.